The van der Waals surface area contributed by atoms with Crippen LogP contribution in [0.15, 0.2) is 0 Å². The fourth-order valence-corrected chi connectivity index (χ4v) is 1.66. The highest BCUT2D eigenvalue weighted by atomic mass is 16.4. The highest BCUT2D eigenvalue weighted by molar-refractivity contribution is 5.66. The van der Waals surface area contributed by atoms with Gasteiger partial charge in [0.25, 0.3) is 0 Å². The second kappa shape index (κ2) is 15.5. The van der Waals surface area contributed by atoms with Crippen LogP contribution in [0.3, 0.4) is 0 Å². The molecular weight excluding hydrogens is 238 g/mol. The van der Waals surface area contributed by atoms with Crippen LogP contribution in [0.5, 0.6) is 0 Å². The maximum absolute atomic E-state index is 9.90. The molecule has 0 unspecified atom stereocenters. The molecule has 0 saturated heterocycles. The van der Waals surface area contributed by atoms with Gasteiger partial charge in [-0.25, -0.2) is 0 Å². The van der Waals surface area contributed by atoms with E-state index in [9.17, 15) is 4.79 Å². The Balaban J connectivity index is 0. The number of nitrogens with two attached hydrogens (primary N) is 1. The SMILES string of the molecule is CC(C)CCC(=O)O.CCCCCCCC[C@H](C)N. The third-order valence-electron chi connectivity index (χ3n) is 2.95. The normalized spacial score (nSPS) is 11.9. The number of carboxylic acid groups (broad SMARTS) is 1. The van der Waals surface area contributed by atoms with Crippen molar-refractivity contribution < 1.29 is 9.90 Å². The van der Waals surface area contributed by atoms with Gasteiger partial charge in [0.2, 0.25) is 0 Å². The van der Waals surface area contributed by atoms with E-state index >= 15 is 0 Å². The fourth-order valence-electron chi connectivity index (χ4n) is 1.66. The zero-order valence-corrected chi connectivity index (χ0v) is 13.5. The van der Waals surface area contributed by atoms with Gasteiger partial charge in [-0.2, -0.15) is 0 Å². The number of hydrogen-bond donors (Lipinski definition) is 2. The van der Waals surface area contributed by atoms with E-state index in [4.69, 9.17) is 10.8 Å². The molecule has 0 aromatic rings. The first kappa shape index (κ1) is 20.7. The highest BCUT2D eigenvalue weighted by Gasteiger charge is 1.98. The topological polar surface area (TPSA) is 63.3 Å². The van der Waals surface area contributed by atoms with Crippen molar-refractivity contribution in [3.63, 3.8) is 0 Å². The molecule has 1 atom stereocenters. The van der Waals surface area contributed by atoms with Gasteiger partial charge in [-0.05, 0) is 25.7 Å². The first-order chi connectivity index (χ1) is 8.90. The highest BCUT2D eigenvalue weighted by Crippen LogP contribution is 2.07. The molecular formula is C16H35NO2. The van der Waals surface area contributed by atoms with Gasteiger partial charge < -0.3 is 10.8 Å². The Hall–Kier alpha value is -0.570. The van der Waals surface area contributed by atoms with Gasteiger partial charge in [-0.15, -0.1) is 0 Å². The minimum atomic E-state index is -0.696. The molecule has 0 rings (SSSR count). The summed E-state index contributed by atoms with van der Waals surface area (Å²) in [6, 6.07) is 0.404. The Kier molecular flexibility index (Phi) is 16.9. The Morgan fingerprint density at radius 3 is 1.89 bits per heavy atom. The summed E-state index contributed by atoms with van der Waals surface area (Å²) in [5, 5.41) is 8.16. The van der Waals surface area contributed by atoms with E-state index in [0.717, 1.165) is 6.42 Å². The standard InChI is InChI=1S/C10H23N.C6H12O2/c1-3-4-5-6-7-8-9-10(2)11;1-5(2)3-4-6(7)8/h10H,3-9,11H2,1-2H3;5H,3-4H2,1-2H3,(H,7,8)/t10-;/m0./s1. The molecule has 0 aliphatic rings. The van der Waals surface area contributed by atoms with E-state index in [0.29, 0.717) is 18.4 Å². The maximum Gasteiger partial charge on any atom is 0.303 e. The van der Waals surface area contributed by atoms with Gasteiger partial charge in [0, 0.05) is 12.5 Å². The van der Waals surface area contributed by atoms with Crippen LogP contribution in [0.1, 0.15) is 85.5 Å². The molecule has 0 spiro atoms. The van der Waals surface area contributed by atoms with Crippen molar-refractivity contribution in [1.29, 1.82) is 0 Å². The Morgan fingerprint density at radius 1 is 1.00 bits per heavy atom. The molecule has 0 amide bonds. The third kappa shape index (κ3) is 26.9. The molecule has 0 fully saturated rings. The largest absolute Gasteiger partial charge is 0.481 e. The number of hydrogen-bond acceptors (Lipinski definition) is 2. The molecule has 0 bridgehead atoms. The van der Waals surface area contributed by atoms with Gasteiger partial charge in [0.15, 0.2) is 0 Å². The lowest BCUT2D eigenvalue weighted by atomic mass is 10.1. The van der Waals surface area contributed by atoms with Crippen LogP contribution < -0.4 is 5.73 Å². The summed E-state index contributed by atoms with van der Waals surface area (Å²) >= 11 is 0. The summed E-state index contributed by atoms with van der Waals surface area (Å²) in [5.41, 5.74) is 5.63. The fraction of sp³-hybridized carbons (Fsp3) is 0.938. The quantitative estimate of drug-likeness (QED) is 0.572. The van der Waals surface area contributed by atoms with Crippen LogP contribution >= 0.6 is 0 Å². The maximum atomic E-state index is 9.90. The summed E-state index contributed by atoms with van der Waals surface area (Å²) in [4.78, 5) is 9.90. The molecule has 3 heteroatoms. The van der Waals surface area contributed by atoms with Gasteiger partial charge in [0.05, 0.1) is 0 Å². The van der Waals surface area contributed by atoms with Crippen molar-refractivity contribution in [3.05, 3.63) is 0 Å². The van der Waals surface area contributed by atoms with E-state index in [1.54, 1.807) is 0 Å². The summed E-state index contributed by atoms with van der Waals surface area (Å²) in [6.07, 6.45) is 10.5. The van der Waals surface area contributed by atoms with E-state index < -0.39 is 5.97 Å². The third-order valence-corrected chi connectivity index (χ3v) is 2.95. The van der Waals surface area contributed by atoms with Crippen LogP contribution in [-0.4, -0.2) is 17.1 Å². The molecule has 0 aliphatic heterocycles. The second-order valence-electron chi connectivity index (χ2n) is 5.86. The van der Waals surface area contributed by atoms with E-state index in [1.807, 2.05) is 13.8 Å². The second-order valence-corrected chi connectivity index (χ2v) is 5.86. The predicted octanol–water partition coefficient (Wildman–Crippen LogP) is 4.59. The summed E-state index contributed by atoms with van der Waals surface area (Å²) in [7, 11) is 0. The molecule has 0 radical (unpaired) electrons. The average Bonchev–Trinajstić information content (AvgIpc) is 2.31. The number of carbonyl (C=O) groups is 1. The Bertz CT molecular complexity index is 191. The van der Waals surface area contributed by atoms with Gasteiger partial charge in [0.1, 0.15) is 0 Å². The summed E-state index contributed by atoms with van der Waals surface area (Å²) in [6.45, 7) is 8.37. The van der Waals surface area contributed by atoms with Gasteiger partial charge in [-0.1, -0.05) is 59.3 Å². The first-order valence-electron chi connectivity index (χ1n) is 7.87. The van der Waals surface area contributed by atoms with Crippen molar-refractivity contribution in [2.45, 2.75) is 91.5 Å². The zero-order valence-electron chi connectivity index (χ0n) is 13.5. The van der Waals surface area contributed by atoms with Crippen LogP contribution in [0, 0.1) is 5.92 Å². The molecule has 19 heavy (non-hydrogen) atoms. The molecule has 0 aromatic carbocycles. The number of aliphatic carboxylic acids is 1. The van der Waals surface area contributed by atoms with E-state index in [2.05, 4.69) is 13.8 Å². The minimum Gasteiger partial charge on any atom is -0.481 e. The van der Waals surface area contributed by atoms with Crippen molar-refractivity contribution in [3.8, 4) is 0 Å². The molecule has 0 aromatic heterocycles. The molecule has 0 heterocycles. The van der Waals surface area contributed by atoms with Crippen molar-refractivity contribution in [1.82, 2.24) is 0 Å². The lowest BCUT2D eigenvalue weighted by Crippen LogP contribution is -2.13. The summed E-state index contributed by atoms with van der Waals surface area (Å²) in [5.74, 6) is -0.190. The van der Waals surface area contributed by atoms with Crippen LogP contribution in [0.2, 0.25) is 0 Å². The lowest BCUT2D eigenvalue weighted by Gasteiger charge is -2.03. The Labute approximate surface area is 120 Å². The smallest absolute Gasteiger partial charge is 0.303 e. The monoisotopic (exact) mass is 273 g/mol. The molecule has 116 valence electrons. The number of rotatable bonds is 10. The van der Waals surface area contributed by atoms with E-state index in [1.165, 1.54) is 44.9 Å². The van der Waals surface area contributed by atoms with Crippen molar-refractivity contribution >= 4 is 5.97 Å². The van der Waals surface area contributed by atoms with Crippen molar-refractivity contribution in [2.75, 3.05) is 0 Å². The first-order valence-corrected chi connectivity index (χ1v) is 7.87. The van der Waals surface area contributed by atoms with Gasteiger partial charge in [-0.3, -0.25) is 4.79 Å². The van der Waals surface area contributed by atoms with Crippen LogP contribution in [0.25, 0.3) is 0 Å². The molecule has 3 N–H and O–H groups in total. The minimum absolute atomic E-state index is 0.303. The summed E-state index contributed by atoms with van der Waals surface area (Å²) < 4.78 is 0. The molecule has 3 nitrogen and oxygen atoms in total. The van der Waals surface area contributed by atoms with E-state index in [-0.39, 0.29) is 0 Å². The van der Waals surface area contributed by atoms with Crippen molar-refractivity contribution in [2.24, 2.45) is 11.7 Å². The number of unbranched alkanes of at least 4 members (excludes halogenated alkanes) is 5. The average molecular weight is 273 g/mol. The lowest BCUT2D eigenvalue weighted by molar-refractivity contribution is -0.137. The van der Waals surface area contributed by atoms with Crippen LogP contribution in [-0.2, 0) is 4.79 Å². The predicted molar refractivity (Wildman–Crippen MR) is 83.4 cm³/mol. The molecule has 0 saturated carbocycles. The number of carboxylic acids is 1. The molecule has 0 aliphatic carbocycles. The zero-order chi connectivity index (χ0) is 15.1. The van der Waals surface area contributed by atoms with Crippen LogP contribution in [0.4, 0.5) is 0 Å². The Morgan fingerprint density at radius 2 is 1.53 bits per heavy atom. The van der Waals surface area contributed by atoms with Gasteiger partial charge >= 0.3 is 5.97 Å².